The summed E-state index contributed by atoms with van der Waals surface area (Å²) in [6, 6.07) is 24.6. The largest absolute Gasteiger partial charge is 0.369 e. The quantitative estimate of drug-likeness (QED) is 0.103. The summed E-state index contributed by atoms with van der Waals surface area (Å²) in [6.07, 6.45) is 17.1. The number of halogens is 5. The maximum absolute atomic E-state index is 13.8. The number of carbonyl (C=O) groups is 4. The molecule has 8 N–H and O–H groups in total. The minimum Gasteiger partial charge on any atom is -0.369 e. The predicted octanol–water partition coefficient (Wildman–Crippen LogP) is 14.9. The molecule has 20 nitrogen and oxygen atoms in total. The number of likely N-dealkylation sites (N-methyl/N-ethyl adjacent to an activating group) is 2. The molecule has 4 heterocycles. The number of carbonyl (C=O) groups excluding carboxylic acids is 4. The van der Waals surface area contributed by atoms with E-state index in [-0.39, 0.29) is 76.2 Å². The first-order chi connectivity index (χ1) is 52.2. The highest BCUT2D eigenvalue weighted by atomic mass is 79.9. The molecular weight excluding hydrogens is 1530 g/mol. The standard InChI is InChI=1S/C24H32FN3O2.C21H27BrFN3O2.C20H26BrN3O.C20H23FN4O2/c1-15(25)30-19-9-11-23(12-10-19)14-18-8-7-17(6-5-16-3-4-16)13-20(18)24(23)21(29)28(2)22(26)27-24;1-12(2)26-18(27)21(25-19(26)24)17-10-15(22)5-4-14(17)11-20(21)8-6-16(7-9-20)28-13(3)23;1-12(2)24-17(25)20(23-18(24)22)16-10-15(21)5-4-14(16)11-19(20)8-6-13(3)7-9-19;1-12(21)27-15-6-8-19(9-7-15)11-13-4-5-14(23-2)10-16(13)20(19)17(26)25(3)18(22)24-20/h7-8,13,15-16,19H,3-6,9-12,14H2,1-2H3,(H2,26,27);4-5,10,12-13,16H,6-9,11H2,1-3H3,(H2,24,25);4-5,10,12-13H,6-9,11H2,1-3H3,(H2,22,23);4-5,10,12,15H,6-9,11H2,1,3H3,(H2,22,24). The second kappa shape index (κ2) is 29.6. The molecule has 7 atom stereocenters. The van der Waals surface area contributed by atoms with Gasteiger partial charge < -0.3 is 37.1 Å². The molecule has 7 unspecified atom stereocenters. The van der Waals surface area contributed by atoms with E-state index in [0.717, 1.165) is 157 Å². The van der Waals surface area contributed by atoms with Crippen molar-refractivity contribution in [3.8, 4) is 0 Å². The van der Waals surface area contributed by atoms with Crippen LogP contribution in [0.1, 0.15) is 227 Å². The van der Waals surface area contributed by atoms with Gasteiger partial charge in [-0.25, -0.2) is 38.0 Å². The van der Waals surface area contributed by atoms with Gasteiger partial charge in [0, 0.05) is 56.8 Å². The van der Waals surface area contributed by atoms with Crippen LogP contribution in [0.5, 0.6) is 0 Å². The Kier molecular flexibility index (Phi) is 21.4. The average Bonchev–Trinajstić information content (AvgIpc) is 1.55. The number of rotatable bonds is 11. The van der Waals surface area contributed by atoms with Gasteiger partial charge in [-0.15, -0.1) is 0 Å². The first kappa shape index (κ1) is 79.4. The number of amides is 4. The molecule has 13 aliphatic rings. The van der Waals surface area contributed by atoms with Crippen molar-refractivity contribution in [2.75, 3.05) is 14.1 Å². The number of benzene rings is 4. The molecular formula is C85H108Br2F3N13O7. The van der Waals surface area contributed by atoms with Crippen molar-refractivity contribution in [2.45, 2.75) is 281 Å². The van der Waals surface area contributed by atoms with Crippen molar-refractivity contribution in [3.63, 3.8) is 0 Å². The van der Waals surface area contributed by atoms with Gasteiger partial charge in [-0.3, -0.25) is 38.8 Å². The summed E-state index contributed by atoms with van der Waals surface area (Å²) in [5.74, 6) is 2.66. The zero-order valence-corrected chi connectivity index (χ0v) is 68.4. The number of guanidine groups is 4. The molecule has 590 valence electrons. The molecule has 5 fully saturated rings. The molecule has 110 heavy (non-hydrogen) atoms. The molecule has 0 bridgehead atoms. The van der Waals surface area contributed by atoms with E-state index >= 15 is 0 Å². The molecule has 0 radical (unpaired) electrons. The minimum atomic E-state index is -1.30. The lowest BCUT2D eigenvalue weighted by Gasteiger charge is -2.45. The number of fused-ring (bicyclic) bond motifs is 12. The van der Waals surface area contributed by atoms with Gasteiger partial charge in [0.05, 0.1) is 24.9 Å². The van der Waals surface area contributed by atoms with Crippen LogP contribution in [0.4, 0.5) is 18.9 Å². The first-order valence-corrected chi connectivity index (χ1v) is 41.5. The fraction of sp³-hybridized carbons (Fsp3) is 0.612. The van der Waals surface area contributed by atoms with Gasteiger partial charge >= 0.3 is 0 Å². The van der Waals surface area contributed by atoms with E-state index in [1.807, 2.05) is 45.9 Å². The van der Waals surface area contributed by atoms with Crippen LogP contribution in [-0.4, -0.2) is 131 Å². The van der Waals surface area contributed by atoms with Crippen molar-refractivity contribution in [1.82, 2.24) is 19.6 Å². The Hall–Kier alpha value is -7.24. The van der Waals surface area contributed by atoms with Crippen molar-refractivity contribution in [1.29, 1.82) is 0 Å². The second-order valence-electron chi connectivity index (χ2n) is 34.7. The van der Waals surface area contributed by atoms with E-state index in [0.29, 0.717) is 55.7 Å². The van der Waals surface area contributed by atoms with Gasteiger partial charge in [-0.1, -0.05) is 113 Å². The van der Waals surface area contributed by atoms with E-state index in [1.165, 1.54) is 66.5 Å². The van der Waals surface area contributed by atoms with Crippen molar-refractivity contribution < 1.29 is 46.6 Å². The second-order valence-corrected chi connectivity index (χ2v) is 36.5. The third-order valence-electron chi connectivity index (χ3n) is 27.5. The van der Waals surface area contributed by atoms with Crippen LogP contribution < -0.4 is 22.9 Å². The van der Waals surface area contributed by atoms with Crippen LogP contribution in [0.25, 0.3) is 4.85 Å². The Balaban J connectivity index is 0.000000123. The number of alkyl halides is 3. The highest BCUT2D eigenvalue weighted by Crippen LogP contribution is 2.67. The fourth-order valence-electron chi connectivity index (χ4n) is 21.9. The number of nitrogens with zero attached hydrogens (tertiary/aromatic N) is 9. The van der Waals surface area contributed by atoms with E-state index < -0.39 is 46.6 Å². The SMILES string of the molecule is CC(F)OC1CCC2(CC1)Cc1ccc(Br)cc1C21N=C(N)N(C(C)C)C1=O.CC(F)OC1CCC2(CC1)Cc1ccc(CCC3CC3)cc1C21N=C(N)N(C)C1=O.CC1CCC2(CC1)Cc1ccc(Br)cc1C21N=C(N)N(C(C)C)C1=O.[C-]#[N+]c1ccc2c(c1)C1(N=C(N)N(C)C1=O)C1(CCC(OC(C)F)CC1)C2. The molecule has 4 aromatic rings. The van der Waals surface area contributed by atoms with Gasteiger partial charge in [-0.05, 0) is 263 Å². The number of aryl methyl sites for hydroxylation is 1. The number of aliphatic imine (C=N–C) groups is 4. The van der Waals surface area contributed by atoms with Crippen LogP contribution in [0.3, 0.4) is 0 Å². The molecule has 25 heteroatoms. The molecule has 5 saturated carbocycles. The summed E-state index contributed by atoms with van der Waals surface area (Å²) in [4.78, 5) is 83.8. The third-order valence-corrected chi connectivity index (χ3v) is 28.5. The van der Waals surface area contributed by atoms with E-state index in [4.69, 9.17) is 63.7 Å². The summed E-state index contributed by atoms with van der Waals surface area (Å²) >= 11 is 7.15. The molecule has 9 aliphatic carbocycles. The van der Waals surface area contributed by atoms with Gasteiger partial charge in [0.1, 0.15) is 0 Å². The zero-order valence-electron chi connectivity index (χ0n) is 65.3. The van der Waals surface area contributed by atoms with Gasteiger partial charge in [0.25, 0.3) is 23.6 Å². The molecule has 4 aromatic carbocycles. The van der Waals surface area contributed by atoms with Crippen LogP contribution in [-0.2, 0) is 87.6 Å². The van der Waals surface area contributed by atoms with Crippen LogP contribution in [0, 0.1) is 40.1 Å². The molecule has 4 aliphatic heterocycles. The maximum Gasteiger partial charge on any atom is 0.262 e. The maximum atomic E-state index is 13.8. The number of hydrogen-bond donors (Lipinski definition) is 4. The smallest absolute Gasteiger partial charge is 0.262 e. The normalized spacial score (nSPS) is 33.6. The lowest BCUT2D eigenvalue weighted by molar-refractivity contribution is -0.142. The number of nitrogens with two attached hydrogens (primary N) is 4. The van der Waals surface area contributed by atoms with E-state index in [9.17, 15) is 32.3 Å². The van der Waals surface area contributed by atoms with Crippen LogP contribution >= 0.6 is 31.9 Å². The van der Waals surface area contributed by atoms with E-state index in [2.05, 4.69) is 86.1 Å². The highest BCUT2D eigenvalue weighted by molar-refractivity contribution is 9.10. The Morgan fingerprint density at radius 2 is 0.782 bits per heavy atom. The highest BCUT2D eigenvalue weighted by Gasteiger charge is 2.71. The molecule has 8 spiro atoms. The van der Waals surface area contributed by atoms with Crippen molar-refractivity contribution in [2.24, 2.45) is 76.4 Å². The Morgan fingerprint density at radius 1 is 0.464 bits per heavy atom. The third kappa shape index (κ3) is 12.9. The summed E-state index contributed by atoms with van der Waals surface area (Å²) in [5, 5.41) is 0. The minimum absolute atomic E-state index is 0.0173. The van der Waals surface area contributed by atoms with E-state index in [1.54, 1.807) is 36.0 Å². The monoisotopic (exact) mass is 1640 g/mol. The number of hydrogen-bond acceptors (Lipinski definition) is 15. The summed E-state index contributed by atoms with van der Waals surface area (Å²) in [6.45, 7) is 21.8. The Morgan fingerprint density at radius 3 is 1.10 bits per heavy atom. The lowest BCUT2D eigenvalue weighted by atomic mass is 9.60. The summed E-state index contributed by atoms with van der Waals surface area (Å²) in [5.41, 5.74) is 30.0. The topological polar surface area (TPSA) is 267 Å². The molecule has 0 aromatic heterocycles. The zero-order chi connectivity index (χ0) is 78.7. The van der Waals surface area contributed by atoms with Gasteiger partial charge in [0.15, 0.2) is 70.8 Å². The van der Waals surface area contributed by atoms with Gasteiger partial charge in [0.2, 0.25) is 0 Å². The van der Waals surface area contributed by atoms with Gasteiger partial charge in [-0.2, -0.15) is 0 Å². The lowest BCUT2D eigenvalue weighted by Crippen LogP contribution is -2.53. The van der Waals surface area contributed by atoms with Crippen LogP contribution in [0.2, 0.25) is 0 Å². The van der Waals surface area contributed by atoms with Crippen molar-refractivity contribution in [3.05, 3.63) is 143 Å². The summed E-state index contributed by atoms with van der Waals surface area (Å²) in [7, 11) is 3.36. The first-order valence-electron chi connectivity index (χ1n) is 39.9. The van der Waals surface area contributed by atoms with Crippen LogP contribution in [0.15, 0.2) is 102 Å². The summed E-state index contributed by atoms with van der Waals surface area (Å²) < 4.78 is 58.1. The average molecular weight is 1640 g/mol. The fourth-order valence-corrected chi connectivity index (χ4v) is 22.7. The predicted molar refractivity (Wildman–Crippen MR) is 425 cm³/mol. The molecule has 17 rings (SSSR count). The Labute approximate surface area is 662 Å². The molecule has 4 amide bonds. The number of ether oxygens (including phenoxy) is 3. The molecule has 0 saturated heterocycles. The van der Waals surface area contributed by atoms with Crippen molar-refractivity contribution >= 4 is 85.0 Å². The Bertz CT molecular complexity index is 4470.